The average molecular weight is 294 g/mol. The fourth-order valence-corrected chi connectivity index (χ4v) is 1.86. The van der Waals surface area contributed by atoms with Crippen LogP contribution in [0, 0.1) is 6.92 Å². The van der Waals surface area contributed by atoms with Crippen molar-refractivity contribution in [1.82, 2.24) is 4.98 Å². The standard InChI is InChI=1S/C15H16F2N2O2/c1-10-4-3-5-14(19-10)18-9-11-8-12(20-2)6-7-13(11)21-15(16)17/h3-8,15H,9H2,1-2H3,(H,18,19). The number of hydrogen-bond acceptors (Lipinski definition) is 4. The zero-order valence-electron chi connectivity index (χ0n) is 11.8. The van der Waals surface area contributed by atoms with E-state index in [-0.39, 0.29) is 5.75 Å². The number of hydrogen-bond donors (Lipinski definition) is 1. The van der Waals surface area contributed by atoms with Gasteiger partial charge in [-0.2, -0.15) is 8.78 Å². The topological polar surface area (TPSA) is 43.4 Å². The van der Waals surface area contributed by atoms with E-state index in [0.717, 1.165) is 5.69 Å². The van der Waals surface area contributed by atoms with Gasteiger partial charge in [0.25, 0.3) is 0 Å². The molecule has 0 unspecified atom stereocenters. The monoisotopic (exact) mass is 294 g/mol. The zero-order chi connectivity index (χ0) is 15.2. The first-order valence-electron chi connectivity index (χ1n) is 6.38. The maximum absolute atomic E-state index is 12.4. The van der Waals surface area contributed by atoms with E-state index in [9.17, 15) is 8.78 Å². The molecule has 112 valence electrons. The summed E-state index contributed by atoms with van der Waals surface area (Å²) in [6.45, 7) is -0.688. The number of halogens is 2. The third-order valence-electron chi connectivity index (χ3n) is 2.83. The second kappa shape index (κ2) is 6.88. The van der Waals surface area contributed by atoms with Crippen molar-refractivity contribution in [2.75, 3.05) is 12.4 Å². The average Bonchev–Trinajstić information content (AvgIpc) is 2.46. The summed E-state index contributed by atoms with van der Waals surface area (Å²) in [5.74, 6) is 1.36. The molecular weight excluding hydrogens is 278 g/mol. The molecule has 0 aliphatic carbocycles. The van der Waals surface area contributed by atoms with Crippen LogP contribution in [0.5, 0.6) is 11.5 Å². The lowest BCUT2D eigenvalue weighted by molar-refractivity contribution is -0.0504. The molecular formula is C15H16F2N2O2. The molecule has 0 atom stereocenters. The number of nitrogens with one attached hydrogen (secondary N) is 1. The van der Waals surface area contributed by atoms with Gasteiger partial charge in [0.2, 0.25) is 0 Å². The van der Waals surface area contributed by atoms with Crippen LogP contribution in [0.25, 0.3) is 0 Å². The highest BCUT2D eigenvalue weighted by atomic mass is 19.3. The minimum Gasteiger partial charge on any atom is -0.497 e. The van der Waals surface area contributed by atoms with Crippen molar-refractivity contribution < 1.29 is 18.3 Å². The number of benzene rings is 1. The summed E-state index contributed by atoms with van der Waals surface area (Å²) in [5, 5.41) is 3.08. The number of methoxy groups -OCH3 is 1. The van der Waals surface area contributed by atoms with Gasteiger partial charge in [-0.1, -0.05) is 6.07 Å². The van der Waals surface area contributed by atoms with E-state index >= 15 is 0 Å². The molecule has 1 N–H and O–H groups in total. The quantitative estimate of drug-likeness (QED) is 0.884. The lowest BCUT2D eigenvalue weighted by atomic mass is 10.2. The lowest BCUT2D eigenvalue weighted by Gasteiger charge is -2.13. The minimum atomic E-state index is -2.87. The van der Waals surface area contributed by atoms with E-state index in [1.165, 1.54) is 13.2 Å². The summed E-state index contributed by atoms with van der Waals surface area (Å²) >= 11 is 0. The Hall–Kier alpha value is -2.37. The van der Waals surface area contributed by atoms with E-state index in [0.29, 0.717) is 23.7 Å². The summed E-state index contributed by atoms with van der Waals surface area (Å²) in [5.41, 5.74) is 1.44. The van der Waals surface area contributed by atoms with E-state index in [1.54, 1.807) is 18.2 Å². The zero-order valence-corrected chi connectivity index (χ0v) is 11.8. The fourth-order valence-electron chi connectivity index (χ4n) is 1.86. The molecule has 0 fully saturated rings. The number of aromatic nitrogens is 1. The maximum Gasteiger partial charge on any atom is 0.387 e. The second-order valence-electron chi connectivity index (χ2n) is 4.37. The normalized spacial score (nSPS) is 10.5. The van der Waals surface area contributed by atoms with Gasteiger partial charge in [0, 0.05) is 17.8 Å². The lowest BCUT2D eigenvalue weighted by Crippen LogP contribution is -2.08. The second-order valence-corrected chi connectivity index (χ2v) is 4.37. The largest absolute Gasteiger partial charge is 0.497 e. The van der Waals surface area contributed by atoms with Crippen LogP contribution in [-0.4, -0.2) is 18.7 Å². The summed E-state index contributed by atoms with van der Waals surface area (Å²) in [4.78, 5) is 4.29. The molecule has 1 aromatic heterocycles. The number of aryl methyl sites for hydroxylation is 1. The third-order valence-corrected chi connectivity index (χ3v) is 2.83. The number of pyridine rings is 1. The Morgan fingerprint density at radius 3 is 2.71 bits per heavy atom. The van der Waals surface area contributed by atoms with Crippen LogP contribution in [0.2, 0.25) is 0 Å². The first-order chi connectivity index (χ1) is 10.1. The van der Waals surface area contributed by atoms with Crippen molar-refractivity contribution in [3.05, 3.63) is 47.7 Å². The maximum atomic E-state index is 12.4. The predicted octanol–water partition coefficient (Wildman–Crippen LogP) is 3.61. The first kappa shape index (κ1) is 15.0. The van der Waals surface area contributed by atoms with Gasteiger partial charge in [-0.3, -0.25) is 0 Å². The Labute approximate surface area is 121 Å². The van der Waals surface area contributed by atoms with Crippen LogP contribution < -0.4 is 14.8 Å². The minimum absolute atomic E-state index is 0.117. The van der Waals surface area contributed by atoms with Gasteiger partial charge in [0.15, 0.2) is 0 Å². The molecule has 0 radical (unpaired) electrons. The summed E-state index contributed by atoms with van der Waals surface area (Å²) in [7, 11) is 1.52. The Balaban J connectivity index is 2.16. The van der Waals surface area contributed by atoms with Gasteiger partial charge in [-0.05, 0) is 37.3 Å². The van der Waals surface area contributed by atoms with E-state index < -0.39 is 6.61 Å². The highest BCUT2D eigenvalue weighted by Gasteiger charge is 2.11. The molecule has 0 bridgehead atoms. The predicted molar refractivity (Wildman–Crippen MR) is 75.9 cm³/mol. The molecule has 0 saturated heterocycles. The molecule has 21 heavy (non-hydrogen) atoms. The summed E-state index contributed by atoms with van der Waals surface area (Å²) < 4.78 is 34.4. The number of rotatable bonds is 6. The molecule has 0 aliphatic rings. The third kappa shape index (κ3) is 4.30. The molecule has 4 nitrogen and oxygen atoms in total. The van der Waals surface area contributed by atoms with Crippen molar-refractivity contribution in [1.29, 1.82) is 0 Å². The molecule has 2 rings (SSSR count). The SMILES string of the molecule is COc1ccc(OC(F)F)c(CNc2cccc(C)n2)c1. The highest BCUT2D eigenvalue weighted by Crippen LogP contribution is 2.26. The van der Waals surface area contributed by atoms with Gasteiger partial charge in [-0.15, -0.1) is 0 Å². The summed E-state index contributed by atoms with van der Waals surface area (Å²) in [6.07, 6.45) is 0. The number of alkyl halides is 2. The molecule has 1 heterocycles. The van der Waals surface area contributed by atoms with Crippen LogP contribution in [0.4, 0.5) is 14.6 Å². The molecule has 0 aliphatic heterocycles. The number of nitrogens with zero attached hydrogens (tertiary/aromatic N) is 1. The molecule has 0 saturated carbocycles. The van der Waals surface area contributed by atoms with Crippen LogP contribution >= 0.6 is 0 Å². The highest BCUT2D eigenvalue weighted by molar-refractivity contribution is 5.44. The first-order valence-corrected chi connectivity index (χ1v) is 6.38. The molecule has 0 amide bonds. The van der Waals surface area contributed by atoms with E-state index in [4.69, 9.17) is 4.74 Å². The Kier molecular flexibility index (Phi) is 4.92. The van der Waals surface area contributed by atoms with Gasteiger partial charge < -0.3 is 14.8 Å². The Morgan fingerprint density at radius 2 is 2.05 bits per heavy atom. The van der Waals surface area contributed by atoms with Gasteiger partial charge in [0.1, 0.15) is 17.3 Å². The molecule has 0 spiro atoms. The Bertz CT molecular complexity index is 606. The number of ether oxygens (including phenoxy) is 2. The fraction of sp³-hybridized carbons (Fsp3) is 0.267. The van der Waals surface area contributed by atoms with Gasteiger partial charge >= 0.3 is 6.61 Å². The van der Waals surface area contributed by atoms with Gasteiger partial charge in [0.05, 0.1) is 7.11 Å². The molecule has 6 heteroatoms. The van der Waals surface area contributed by atoms with Crippen LogP contribution in [0.15, 0.2) is 36.4 Å². The van der Waals surface area contributed by atoms with Crippen molar-refractivity contribution in [3.63, 3.8) is 0 Å². The van der Waals surface area contributed by atoms with Crippen LogP contribution in [0.3, 0.4) is 0 Å². The summed E-state index contributed by atoms with van der Waals surface area (Å²) in [6, 6.07) is 10.2. The van der Waals surface area contributed by atoms with Crippen LogP contribution in [-0.2, 0) is 6.54 Å². The van der Waals surface area contributed by atoms with Gasteiger partial charge in [-0.25, -0.2) is 4.98 Å². The van der Waals surface area contributed by atoms with Crippen molar-refractivity contribution in [2.24, 2.45) is 0 Å². The van der Waals surface area contributed by atoms with Crippen molar-refractivity contribution >= 4 is 5.82 Å². The molecule has 2 aromatic rings. The van der Waals surface area contributed by atoms with Crippen molar-refractivity contribution in [2.45, 2.75) is 20.1 Å². The Morgan fingerprint density at radius 1 is 1.24 bits per heavy atom. The van der Waals surface area contributed by atoms with Crippen LogP contribution in [0.1, 0.15) is 11.3 Å². The van der Waals surface area contributed by atoms with E-state index in [1.807, 2.05) is 19.1 Å². The van der Waals surface area contributed by atoms with E-state index in [2.05, 4.69) is 15.0 Å². The van der Waals surface area contributed by atoms with Crippen molar-refractivity contribution in [3.8, 4) is 11.5 Å². The molecule has 1 aromatic carbocycles. The number of anilines is 1. The smallest absolute Gasteiger partial charge is 0.387 e.